The summed E-state index contributed by atoms with van der Waals surface area (Å²) in [7, 11) is 1.31. The Morgan fingerprint density at radius 3 is 2.43 bits per heavy atom. The molecule has 0 saturated carbocycles. The van der Waals surface area contributed by atoms with Gasteiger partial charge in [0.2, 0.25) is 0 Å². The van der Waals surface area contributed by atoms with Gasteiger partial charge in [-0.25, -0.2) is 4.79 Å². The van der Waals surface area contributed by atoms with E-state index in [9.17, 15) is 4.79 Å². The Balaban J connectivity index is 2.96. The number of esters is 1. The average Bonchev–Trinajstić information content (AvgIpc) is 2.16. The Labute approximate surface area is 92.1 Å². The van der Waals surface area contributed by atoms with Crippen molar-refractivity contribution in [2.45, 2.75) is 0 Å². The van der Waals surface area contributed by atoms with Crippen molar-refractivity contribution in [3.8, 4) is 0 Å². The lowest BCUT2D eigenvalue weighted by Crippen LogP contribution is -1.93. The second-order valence-corrected chi connectivity index (χ2v) is 3.31. The molecule has 0 atom stereocenters. The van der Waals surface area contributed by atoms with Gasteiger partial charge in [-0.05, 0) is 18.2 Å². The molecule has 0 heterocycles. The van der Waals surface area contributed by atoms with E-state index in [4.69, 9.17) is 23.2 Å². The Kier molecular flexibility index (Phi) is 3.98. The van der Waals surface area contributed by atoms with Crippen LogP contribution in [0.5, 0.6) is 0 Å². The first-order chi connectivity index (χ1) is 6.65. The van der Waals surface area contributed by atoms with Gasteiger partial charge in [-0.15, -0.1) is 0 Å². The molecule has 0 fully saturated rings. The lowest BCUT2D eigenvalue weighted by atomic mass is 10.2. The first-order valence-electron chi connectivity index (χ1n) is 3.85. The van der Waals surface area contributed by atoms with Gasteiger partial charge < -0.3 is 4.74 Å². The van der Waals surface area contributed by atoms with Crippen LogP contribution < -0.4 is 0 Å². The van der Waals surface area contributed by atoms with Gasteiger partial charge in [-0.2, -0.15) is 0 Å². The number of carbonyl (C=O) groups excluding carboxylic acids is 1. The van der Waals surface area contributed by atoms with Crippen LogP contribution in [0.4, 0.5) is 0 Å². The van der Waals surface area contributed by atoms with Crippen LogP contribution in [0, 0.1) is 0 Å². The van der Waals surface area contributed by atoms with E-state index in [2.05, 4.69) is 4.74 Å². The third kappa shape index (κ3) is 2.76. The van der Waals surface area contributed by atoms with Crippen LogP contribution in [0.3, 0.4) is 0 Å². The van der Waals surface area contributed by atoms with Gasteiger partial charge in [0, 0.05) is 21.7 Å². The minimum absolute atomic E-state index is 0.444. The van der Waals surface area contributed by atoms with E-state index in [1.165, 1.54) is 19.3 Å². The van der Waals surface area contributed by atoms with Gasteiger partial charge in [0.05, 0.1) is 7.11 Å². The zero-order valence-corrected chi connectivity index (χ0v) is 8.97. The molecule has 74 valence electrons. The summed E-state index contributed by atoms with van der Waals surface area (Å²) in [6, 6.07) is 5.13. The molecule has 1 aromatic carbocycles. The molecule has 0 bridgehead atoms. The number of benzene rings is 1. The number of hydrogen-bond donors (Lipinski definition) is 0. The fraction of sp³-hybridized carbons (Fsp3) is 0.100. The highest BCUT2D eigenvalue weighted by molar-refractivity contribution is 6.37. The number of methoxy groups -OCH3 is 1. The molecule has 0 radical (unpaired) electrons. The minimum Gasteiger partial charge on any atom is -0.466 e. The first-order valence-corrected chi connectivity index (χ1v) is 4.61. The predicted molar refractivity (Wildman–Crippen MR) is 57.5 cm³/mol. The summed E-state index contributed by atoms with van der Waals surface area (Å²) in [5.74, 6) is -0.444. The van der Waals surface area contributed by atoms with Crippen LogP contribution in [-0.2, 0) is 9.53 Å². The predicted octanol–water partition coefficient (Wildman–Crippen LogP) is 3.18. The van der Waals surface area contributed by atoms with Crippen molar-refractivity contribution in [1.82, 2.24) is 0 Å². The van der Waals surface area contributed by atoms with Gasteiger partial charge >= 0.3 is 5.97 Å². The Hall–Kier alpha value is -0.990. The van der Waals surface area contributed by atoms with Gasteiger partial charge in [0.25, 0.3) is 0 Å². The van der Waals surface area contributed by atoms with E-state index in [-0.39, 0.29) is 0 Å². The van der Waals surface area contributed by atoms with Crippen molar-refractivity contribution in [2.24, 2.45) is 0 Å². The molecule has 0 saturated heterocycles. The summed E-state index contributed by atoms with van der Waals surface area (Å²) in [6.07, 6.45) is 2.80. The maximum Gasteiger partial charge on any atom is 0.330 e. The van der Waals surface area contributed by atoms with E-state index in [1.54, 1.807) is 18.2 Å². The quantitative estimate of drug-likeness (QED) is 0.577. The summed E-state index contributed by atoms with van der Waals surface area (Å²) < 4.78 is 4.44. The summed E-state index contributed by atoms with van der Waals surface area (Å²) in [4.78, 5) is 10.8. The monoisotopic (exact) mass is 230 g/mol. The molecule has 1 aromatic rings. The van der Waals surface area contributed by atoms with Gasteiger partial charge in [0.1, 0.15) is 0 Å². The van der Waals surface area contributed by atoms with Crippen molar-refractivity contribution in [2.75, 3.05) is 7.11 Å². The largest absolute Gasteiger partial charge is 0.466 e. The smallest absolute Gasteiger partial charge is 0.330 e. The summed E-state index contributed by atoms with van der Waals surface area (Å²) >= 11 is 11.7. The molecule has 0 aromatic heterocycles. The summed E-state index contributed by atoms with van der Waals surface area (Å²) in [5, 5.41) is 0.996. The van der Waals surface area contributed by atoms with Gasteiger partial charge in [-0.3, -0.25) is 0 Å². The van der Waals surface area contributed by atoms with Crippen LogP contribution in [0.25, 0.3) is 6.08 Å². The molecule has 2 nitrogen and oxygen atoms in total. The van der Waals surface area contributed by atoms with E-state index < -0.39 is 5.97 Å². The number of halogens is 2. The van der Waals surface area contributed by atoms with E-state index in [0.29, 0.717) is 15.6 Å². The van der Waals surface area contributed by atoms with Crippen molar-refractivity contribution >= 4 is 35.2 Å². The zero-order chi connectivity index (χ0) is 10.6. The normalized spacial score (nSPS) is 10.5. The average molecular weight is 231 g/mol. The second kappa shape index (κ2) is 5.03. The number of carbonyl (C=O) groups is 1. The van der Waals surface area contributed by atoms with Gasteiger partial charge in [-0.1, -0.05) is 29.3 Å². The lowest BCUT2D eigenvalue weighted by Gasteiger charge is -1.99. The molecule has 0 aliphatic rings. The molecular weight excluding hydrogens is 223 g/mol. The molecular formula is C10H8Cl2O2. The molecule has 0 aliphatic heterocycles. The number of ether oxygens (including phenoxy) is 1. The Morgan fingerprint density at radius 2 is 1.93 bits per heavy atom. The fourth-order valence-electron chi connectivity index (χ4n) is 0.889. The second-order valence-electron chi connectivity index (χ2n) is 2.49. The number of hydrogen-bond acceptors (Lipinski definition) is 2. The Bertz CT molecular complexity index is 352. The van der Waals surface area contributed by atoms with Crippen molar-refractivity contribution in [3.63, 3.8) is 0 Å². The van der Waals surface area contributed by atoms with E-state index in [1.807, 2.05) is 0 Å². The zero-order valence-electron chi connectivity index (χ0n) is 7.46. The van der Waals surface area contributed by atoms with Crippen molar-refractivity contribution < 1.29 is 9.53 Å². The van der Waals surface area contributed by atoms with E-state index >= 15 is 0 Å². The fourth-order valence-corrected chi connectivity index (χ4v) is 1.41. The molecule has 0 amide bonds. The summed E-state index contributed by atoms with van der Waals surface area (Å²) in [6.45, 7) is 0. The van der Waals surface area contributed by atoms with Crippen LogP contribution in [0.1, 0.15) is 5.56 Å². The van der Waals surface area contributed by atoms with Crippen LogP contribution in [0.2, 0.25) is 10.0 Å². The highest BCUT2D eigenvalue weighted by Gasteiger charge is 2.01. The van der Waals surface area contributed by atoms with Crippen LogP contribution in [0.15, 0.2) is 24.3 Å². The third-order valence-corrected chi connectivity index (χ3v) is 2.25. The molecule has 1 rings (SSSR count). The van der Waals surface area contributed by atoms with Gasteiger partial charge in [0.15, 0.2) is 0 Å². The van der Waals surface area contributed by atoms with Crippen LogP contribution in [-0.4, -0.2) is 13.1 Å². The lowest BCUT2D eigenvalue weighted by molar-refractivity contribution is -0.134. The Morgan fingerprint density at radius 1 is 1.36 bits per heavy atom. The maximum atomic E-state index is 10.8. The maximum absolute atomic E-state index is 10.8. The van der Waals surface area contributed by atoms with Crippen LogP contribution >= 0.6 is 23.2 Å². The molecule has 0 aliphatic carbocycles. The standard InChI is InChI=1S/C10H8Cl2O2/c1-14-10(13)6-5-7-8(11)3-2-4-9(7)12/h2-6H,1H3. The minimum atomic E-state index is -0.444. The SMILES string of the molecule is COC(=O)C=Cc1c(Cl)cccc1Cl. The molecule has 0 unspecified atom stereocenters. The molecule has 0 N–H and O–H groups in total. The molecule has 4 heteroatoms. The third-order valence-electron chi connectivity index (χ3n) is 1.59. The molecule has 14 heavy (non-hydrogen) atoms. The highest BCUT2D eigenvalue weighted by atomic mass is 35.5. The first kappa shape index (κ1) is 11.1. The molecule has 0 spiro atoms. The highest BCUT2D eigenvalue weighted by Crippen LogP contribution is 2.25. The number of rotatable bonds is 2. The van der Waals surface area contributed by atoms with Crippen molar-refractivity contribution in [1.29, 1.82) is 0 Å². The topological polar surface area (TPSA) is 26.3 Å². The summed E-state index contributed by atoms with van der Waals surface area (Å²) in [5.41, 5.74) is 0.612. The van der Waals surface area contributed by atoms with Crippen molar-refractivity contribution in [3.05, 3.63) is 39.9 Å². The van der Waals surface area contributed by atoms with E-state index in [0.717, 1.165) is 0 Å².